The van der Waals surface area contributed by atoms with E-state index in [9.17, 15) is 24.0 Å². The standard InChI is InChI=1S/C32H43N3O11/c1-2-12-41-14-16-43-18-20-45-22-23-46-21-19-44-17-15-42-13-5-3-4-9-27(36)33-25-8-6-7-24-29(25)32(40)35(31(24)39)26-10-11-28(37)34-30(26)38/h1,6-8,26H,3-5,9-23H2,(H,33,36)(H,34,37,38). The molecule has 46 heavy (non-hydrogen) atoms. The topological polar surface area (TPSA) is 168 Å². The lowest BCUT2D eigenvalue weighted by molar-refractivity contribution is -0.136. The van der Waals surface area contributed by atoms with E-state index in [0.29, 0.717) is 79.1 Å². The molecule has 2 aliphatic rings. The molecule has 2 N–H and O–H groups in total. The first-order chi connectivity index (χ1) is 22.4. The second-order valence-electron chi connectivity index (χ2n) is 10.4. The normalized spacial score (nSPS) is 16.0. The Kier molecular flexibility index (Phi) is 16.9. The number of fused-ring (bicyclic) bond motifs is 1. The van der Waals surface area contributed by atoms with Gasteiger partial charge in [-0.05, 0) is 31.4 Å². The van der Waals surface area contributed by atoms with Gasteiger partial charge < -0.3 is 33.7 Å². The number of carbonyl (C=O) groups excluding carboxylic acids is 5. The van der Waals surface area contributed by atoms with Gasteiger partial charge in [0.15, 0.2) is 0 Å². The first kappa shape index (κ1) is 36.8. The maximum absolute atomic E-state index is 13.1. The summed E-state index contributed by atoms with van der Waals surface area (Å²) in [4.78, 5) is 63.3. The number of amides is 5. The molecule has 1 atom stereocenters. The first-order valence-electron chi connectivity index (χ1n) is 15.5. The Hall–Kier alpha value is -3.71. The summed E-state index contributed by atoms with van der Waals surface area (Å²) in [5.41, 5.74) is 0.390. The van der Waals surface area contributed by atoms with Gasteiger partial charge >= 0.3 is 0 Å². The van der Waals surface area contributed by atoms with Crippen molar-refractivity contribution >= 4 is 35.2 Å². The lowest BCUT2D eigenvalue weighted by Gasteiger charge is -2.27. The Morgan fingerprint density at radius 2 is 1.39 bits per heavy atom. The average molecular weight is 646 g/mol. The minimum absolute atomic E-state index is 0.0316. The van der Waals surface area contributed by atoms with Gasteiger partial charge in [-0.1, -0.05) is 18.4 Å². The highest BCUT2D eigenvalue weighted by molar-refractivity contribution is 6.26. The summed E-state index contributed by atoms with van der Waals surface area (Å²) in [6, 6.07) is 3.53. The molecule has 3 rings (SSSR count). The number of unbranched alkanes of at least 4 members (excludes halogenated alkanes) is 2. The molecule has 5 amide bonds. The minimum Gasteiger partial charge on any atom is -0.379 e. The van der Waals surface area contributed by atoms with Crippen LogP contribution in [0.15, 0.2) is 18.2 Å². The highest BCUT2D eigenvalue weighted by atomic mass is 16.6. The fourth-order valence-electron chi connectivity index (χ4n) is 4.73. The third kappa shape index (κ3) is 12.2. The third-order valence-corrected chi connectivity index (χ3v) is 6.98. The molecule has 14 heteroatoms. The summed E-state index contributed by atoms with van der Waals surface area (Å²) in [5, 5.41) is 4.89. The van der Waals surface area contributed by atoms with Crippen molar-refractivity contribution in [3.63, 3.8) is 0 Å². The lowest BCUT2D eigenvalue weighted by atomic mass is 10.0. The van der Waals surface area contributed by atoms with Crippen LogP contribution < -0.4 is 10.6 Å². The van der Waals surface area contributed by atoms with Crippen LogP contribution in [0, 0.1) is 12.3 Å². The number of nitrogens with one attached hydrogen (secondary N) is 2. The number of piperidine rings is 1. The molecule has 2 aliphatic heterocycles. The molecule has 1 unspecified atom stereocenters. The molecule has 0 bridgehead atoms. The maximum atomic E-state index is 13.1. The maximum Gasteiger partial charge on any atom is 0.264 e. The Morgan fingerprint density at radius 1 is 0.804 bits per heavy atom. The number of benzene rings is 1. The summed E-state index contributed by atoms with van der Waals surface area (Å²) in [6.07, 6.45) is 7.56. The van der Waals surface area contributed by atoms with Crippen LogP contribution in [0.4, 0.5) is 5.69 Å². The molecular weight excluding hydrogens is 602 g/mol. The van der Waals surface area contributed by atoms with E-state index in [1.807, 2.05) is 0 Å². The van der Waals surface area contributed by atoms with Crippen LogP contribution in [0.5, 0.6) is 0 Å². The average Bonchev–Trinajstić information content (AvgIpc) is 3.29. The van der Waals surface area contributed by atoms with E-state index < -0.39 is 29.7 Å². The number of hydrogen-bond acceptors (Lipinski definition) is 11. The highest BCUT2D eigenvalue weighted by Gasteiger charge is 2.45. The molecule has 0 radical (unpaired) electrons. The van der Waals surface area contributed by atoms with Crippen LogP contribution in [0.2, 0.25) is 0 Å². The highest BCUT2D eigenvalue weighted by Crippen LogP contribution is 2.32. The quantitative estimate of drug-likeness (QED) is 0.0945. The van der Waals surface area contributed by atoms with Gasteiger partial charge in [0, 0.05) is 19.4 Å². The Labute approximate surface area is 268 Å². The van der Waals surface area contributed by atoms with Gasteiger partial charge in [0.2, 0.25) is 17.7 Å². The molecular formula is C32H43N3O11. The zero-order valence-corrected chi connectivity index (χ0v) is 26.1. The number of rotatable bonds is 24. The van der Waals surface area contributed by atoms with E-state index in [1.165, 1.54) is 6.07 Å². The van der Waals surface area contributed by atoms with Crippen molar-refractivity contribution in [1.29, 1.82) is 0 Å². The Bertz CT molecular complexity index is 1220. The predicted molar refractivity (Wildman–Crippen MR) is 164 cm³/mol. The second kappa shape index (κ2) is 21.2. The van der Waals surface area contributed by atoms with E-state index in [2.05, 4.69) is 16.6 Å². The van der Waals surface area contributed by atoms with Crippen molar-refractivity contribution in [1.82, 2.24) is 10.2 Å². The van der Waals surface area contributed by atoms with E-state index in [4.69, 9.17) is 34.8 Å². The lowest BCUT2D eigenvalue weighted by Crippen LogP contribution is -2.54. The van der Waals surface area contributed by atoms with E-state index in [-0.39, 0.29) is 48.6 Å². The first-order valence-corrected chi connectivity index (χ1v) is 15.5. The molecule has 1 aromatic carbocycles. The number of terminal acetylenes is 1. The van der Waals surface area contributed by atoms with E-state index in [0.717, 1.165) is 17.7 Å². The number of imide groups is 2. The molecule has 0 aromatic heterocycles. The van der Waals surface area contributed by atoms with Crippen molar-refractivity contribution in [2.24, 2.45) is 0 Å². The zero-order chi connectivity index (χ0) is 33.0. The van der Waals surface area contributed by atoms with E-state index >= 15 is 0 Å². The Morgan fingerprint density at radius 3 is 1.98 bits per heavy atom. The number of nitrogens with zero attached hydrogens (tertiary/aromatic N) is 1. The van der Waals surface area contributed by atoms with Gasteiger partial charge in [0.05, 0.1) is 82.9 Å². The molecule has 1 aromatic rings. The number of carbonyl (C=O) groups is 5. The Balaban J connectivity index is 1.16. The predicted octanol–water partition coefficient (Wildman–Crippen LogP) is 1.32. The molecule has 0 aliphatic carbocycles. The largest absolute Gasteiger partial charge is 0.379 e. The van der Waals surface area contributed by atoms with Gasteiger partial charge in [-0.3, -0.25) is 34.2 Å². The van der Waals surface area contributed by atoms with Crippen LogP contribution in [-0.4, -0.2) is 120 Å². The van der Waals surface area contributed by atoms with Crippen molar-refractivity contribution in [3.05, 3.63) is 29.3 Å². The fraction of sp³-hybridized carbons (Fsp3) is 0.594. The summed E-state index contributed by atoms with van der Waals surface area (Å²) in [7, 11) is 0. The fourth-order valence-corrected chi connectivity index (χ4v) is 4.73. The molecule has 252 valence electrons. The van der Waals surface area contributed by atoms with Crippen LogP contribution in [0.3, 0.4) is 0 Å². The van der Waals surface area contributed by atoms with E-state index in [1.54, 1.807) is 12.1 Å². The van der Waals surface area contributed by atoms with Crippen LogP contribution in [-0.2, 0) is 42.8 Å². The molecule has 0 spiro atoms. The SMILES string of the molecule is C#CCOCCOCCOCCOCCOCCOCCCCCC(=O)Nc1cccc2c1C(=O)N(C1CCC(=O)NC1=O)C2=O. The molecule has 1 fully saturated rings. The number of ether oxygens (including phenoxy) is 6. The summed E-state index contributed by atoms with van der Waals surface area (Å²) < 4.78 is 32.3. The monoisotopic (exact) mass is 645 g/mol. The molecule has 14 nitrogen and oxygen atoms in total. The molecule has 2 heterocycles. The van der Waals surface area contributed by atoms with Crippen molar-refractivity contribution in [2.75, 3.05) is 84.6 Å². The molecule has 1 saturated heterocycles. The molecule has 0 saturated carbocycles. The van der Waals surface area contributed by atoms with Crippen LogP contribution in [0.25, 0.3) is 0 Å². The second-order valence-corrected chi connectivity index (χ2v) is 10.4. The van der Waals surface area contributed by atoms with Crippen molar-refractivity contribution < 1.29 is 52.4 Å². The van der Waals surface area contributed by atoms with Crippen LogP contribution in [0.1, 0.15) is 59.2 Å². The summed E-state index contributed by atoms with van der Waals surface area (Å²) >= 11 is 0. The van der Waals surface area contributed by atoms with Gasteiger partial charge in [0.1, 0.15) is 12.6 Å². The third-order valence-electron chi connectivity index (χ3n) is 6.98. The van der Waals surface area contributed by atoms with Crippen LogP contribution >= 0.6 is 0 Å². The van der Waals surface area contributed by atoms with Gasteiger partial charge in [-0.15, -0.1) is 6.42 Å². The smallest absolute Gasteiger partial charge is 0.264 e. The van der Waals surface area contributed by atoms with Crippen molar-refractivity contribution in [3.8, 4) is 12.3 Å². The van der Waals surface area contributed by atoms with Gasteiger partial charge in [0.25, 0.3) is 11.8 Å². The minimum atomic E-state index is -1.07. The summed E-state index contributed by atoms with van der Waals surface area (Å²) in [5.74, 6) is -0.320. The zero-order valence-electron chi connectivity index (χ0n) is 26.1. The van der Waals surface area contributed by atoms with Gasteiger partial charge in [-0.2, -0.15) is 0 Å². The van der Waals surface area contributed by atoms with Gasteiger partial charge in [-0.25, -0.2) is 0 Å². The number of anilines is 1. The summed E-state index contributed by atoms with van der Waals surface area (Å²) in [6.45, 7) is 5.51. The number of hydrogen-bond donors (Lipinski definition) is 2. The van der Waals surface area contributed by atoms with Crippen molar-refractivity contribution in [2.45, 2.75) is 44.6 Å².